The van der Waals surface area contributed by atoms with Gasteiger partial charge in [-0.2, -0.15) is 0 Å². The van der Waals surface area contributed by atoms with Crippen LogP contribution in [0.25, 0.3) is 11.1 Å². The zero-order valence-electron chi connectivity index (χ0n) is 11.4. The molecule has 1 aliphatic carbocycles. The molecular formula is C17H16Cl2OTi. The minimum atomic E-state index is -0.480. The minimum absolute atomic E-state index is 0. The van der Waals surface area contributed by atoms with E-state index in [0.717, 1.165) is 12.2 Å². The van der Waals surface area contributed by atoms with Gasteiger partial charge >= 0.3 is 123 Å². The molecule has 0 atom stereocenters. The summed E-state index contributed by atoms with van der Waals surface area (Å²) in [6.45, 7) is 0. The molecule has 21 heavy (non-hydrogen) atoms. The smallest absolute Gasteiger partial charge is 0.147 e. The van der Waals surface area contributed by atoms with Gasteiger partial charge in [0.25, 0.3) is 0 Å². The SMILES string of the molecule is C1=CC[C]([Ti][O]c2cccc(-c3ccccc3)c2)=C1.Cl.Cl. The molecule has 4 heteroatoms. The third-order valence-corrected chi connectivity index (χ3v) is 4.53. The van der Waals surface area contributed by atoms with Crippen LogP contribution in [0.2, 0.25) is 0 Å². The molecule has 0 aliphatic heterocycles. The molecule has 0 fully saturated rings. The van der Waals surface area contributed by atoms with Crippen molar-refractivity contribution in [2.75, 3.05) is 0 Å². The van der Waals surface area contributed by atoms with Crippen molar-refractivity contribution < 1.29 is 22.9 Å². The molecule has 0 bridgehead atoms. The number of halogens is 2. The van der Waals surface area contributed by atoms with E-state index in [1.165, 1.54) is 15.0 Å². The summed E-state index contributed by atoms with van der Waals surface area (Å²) < 4.78 is 7.42. The zero-order valence-corrected chi connectivity index (χ0v) is 14.6. The Hall–Kier alpha value is -0.986. The first kappa shape index (κ1) is 18.1. The fraction of sp³-hybridized carbons (Fsp3) is 0.0588. The largest absolute Gasteiger partial charge is 0.147 e. The molecule has 2 aromatic carbocycles. The van der Waals surface area contributed by atoms with Gasteiger partial charge in [0.05, 0.1) is 0 Å². The number of allylic oxidation sites excluding steroid dienone is 4. The molecule has 0 unspecified atom stereocenters. The topological polar surface area (TPSA) is 9.23 Å². The van der Waals surface area contributed by atoms with Crippen LogP contribution in [0.4, 0.5) is 0 Å². The Bertz CT molecular complexity index is 624. The maximum Gasteiger partial charge on any atom is -0.147 e. The molecule has 0 spiro atoms. The molecule has 1 nitrogen and oxygen atoms in total. The Morgan fingerprint density at radius 3 is 2.33 bits per heavy atom. The summed E-state index contributed by atoms with van der Waals surface area (Å²) in [6.07, 6.45) is 7.55. The van der Waals surface area contributed by atoms with Crippen LogP contribution in [0.1, 0.15) is 6.42 Å². The summed E-state index contributed by atoms with van der Waals surface area (Å²) in [7, 11) is 0. The molecular weight excluding hydrogens is 339 g/mol. The molecule has 0 saturated heterocycles. The molecule has 108 valence electrons. The van der Waals surface area contributed by atoms with Crippen molar-refractivity contribution in [2.45, 2.75) is 6.42 Å². The van der Waals surface area contributed by atoms with Gasteiger partial charge in [-0.05, 0) is 0 Å². The van der Waals surface area contributed by atoms with Crippen LogP contribution >= 0.6 is 24.8 Å². The maximum atomic E-state index is 5.97. The van der Waals surface area contributed by atoms with Crippen molar-refractivity contribution in [1.29, 1.82) is 0 Å². The summed E-state index contributed by atoms with van der Waals surface area (Å²) in [5.74, 6) is 0.981. The van der Waals surface area contributed by atoms with E-state index in [9.17, 15) is 0 Å². The number of benzene rings is 2. The van der Waals surface area contributed by atoms with E-state index >= 15 is 0 Å². The van der Waals surface area contributed by atoms with E-state index < -0.39 is 19.5 Å². The van der Waals surface area contributed by atoms with E-state index in [2.05, 4.69) is 60.7 Å². The number of hydrogen-bond acceptors (Lipinski definition) is 1. The van der Waals surface area contributed by atoms with Gasteiger partial charge in [-0.25, -0.2) is 0 Å². The van der Waals surface area contributed by atoms with Gasteiger partial charge in [0.2, 0.25) is 0 Å². The Balaban J connectivity index is 0.00000110. The molecule has 0 N–H and O–H groups in total. The molecule has 3 rings (SSSR count). The normalized spacial score (nSPS) is 11.9. The predicted molar refractivity (Wildman–Crippen MR) is 88.8 cm³/mol. The van der Waals surface area contributed by atoms with Crippen molar-refractivity contribution >= 4 is 24.8 Å². The molecule has 0 aromatic heterocycles. The molecule has 0 radical (unpaired) electrons. The first-order valence-electron chi connectivity index (χ1n) is 6.36. The molecule has 2 aromatic rings. The Morgan fingerprint density at radius 2 is 1.62 bits per heavy atom. The standard InChI is InChI=1S/C12H10O.C5H5.2ClH.Ti/c13-12-8-4-7-11(9-12)10-5-2-1-3-6-10;1-2-4-5-3-1;;;/h1-9,13H;1-3H,4H2;2*1H;/q;;;;+1/p-1. The monoisotopic (exact) mass is 354 g/mol. The van der Waals surface area contributed by atoms with Crippen LogP contribution in [-0.2, 0) is 19.5 Å². The number of hydrogen-bond donors (Lipinski definition) is 0. The zero-order chi connectivity index (χ0) is 12.9. The molecule has 0 saturated carbocycles. The number of rotatable bonds is 4. The van der Waals surface area contributed by atoms with Gasteiger partial charge < -0.3 is 0 Å². The molecule has 0 amide bonds. The summed E-state index contributed by atoms with van der Waals surface area (Å²) in [4.78, 5) is 0. The van der Waals surface area contributed by atoms with Crippen LogP contribution in [0.15, 0.2) is 76.7 Å². The fourth-order valence-electron chi connectivity index (χ4n) is 2.02. The fourth-order valence-corrected chi connectivity index (χ4v) is 3.17. The van der Waals surface area contributed by atoms with Crippen LogP contribution in [0, 0.1) is 0 Å². The average molecular weight is 355 g/mol. The second kappa shape index (κ2) is 9.12. The third kappa shape index (κ3) is 5.05. The van der Waals surface area contributed by atoms with Gasteiger partial charge in [0.15, 0.2) is 0 Å². The van der Waals surface area contributed by atoms with Crippen molar-refractivity contribution in [3.05, 3.63) is 76.7 Å². The second-order valence-electron chi connectivity index (χ2n) is 4.42. The summed E-state index contributed by atoms with van der Waals surface area (Å²) >= 11 is -0.480. The van der Waals surface area contributed by atoms with Crippen LogP contribution in [-0.4, -0.2) is 0 Å². The van der Waals surface area contributed by atoms with Gasteiger partial charge in [-0.1, -0.05) is 0 Å². The summed E-state index contributed by atoms with van der Waals surface area (Å²) in [6, 6.07) is 18.8. The quantitative estimate of drug-likeness (QED) is 0.666. The van der Waals surface area contributed by atoms with Gasteiger partial charge in [-0.15, -0.1) is 24.8 Å². The van der Waals surface area contributed by atoms with Crippen LogP contribution in [0.5, 0.6) is 5.75 Å². The molecule has 0 heterocycles. The van der Waals surface area contributed by atoms with Gasteiger partial charge in [0, 0.05) is 0 Å². The minimum Gasteiger partial charge on any atom is -0.147 e. The molecule has 1 aliphatic rings. The average Bonchev–Trinajstić information content (AvgIpc) is 3.00. The van der Waals surface area contributed by atoms with E-state index in [0.29, 0.717) is 0 Å². The first-order valence-corrected chi connectivity index (χ1v) is 7.78. The third-order valence-electron chi connectivity index (χ3n) is 3.01. The maximum absolute atomic E-state index is 5.97. The van der Waals surface area contributed by atoms with E-state index in [-0.39, 0.29) is 24.8 Å². The summed E-state index contributed by atoms with van der Waals surface area (Å²) in [5, 5.41) is 0. The first-order chi connectivity index (χ1) is 9.42. The van der Waals surface area contributed by atoms with Gasteiger partial charge in [-0.3, -0.25) is 0 Å². The second-order valence-corrected chi connectivity index (χ2v) is 6.06. The van der Waals surface area contributed by atoms with E-state index in [1.807, 2.05) is 12.1 Å². The van der Waals surface area contributed by atoms with Gasteiger partial charge in [0.1, 0.15) is 0 Å². The Kier molecular flexibility index (Phi) is 7.84. The Labute approximate surface area is 147 Å². The summed E-state index contributed by atoms with van der Waals surface area (Å²) in [5.41, 5.74) is 2.44. The van der Waals surface area contributed by atoms with Crippen LogP contribution in [0.3, 0.4) is 0 Å². The van der Waals surface area contributed by atoms with Crippen molar-refractivity contribution in [3.8, 4) is 16.9 Å². The Morgan fingerprint density at radius 1 is 0.857 bits per heavy atom. The van der Waals surface area contributed by atoms with E-state index in [1.54, 1.807) is 0 Å². The van der Waals surface area contributed by atoms with Crippen molar-refractivity contribution in [1.82, 2.24) is 0 Å². The van der Waals surface area contributed by atoms with Crippen molar-refractivity contribution in [2.24, 2.45) is 0 Å². The predicted octanol–water partition coefficient (Wildman–Crippen LogP) is 5.42. The van der Waals surface area contributed by atoms with Crippen LogP contribution < -0.4 is 3.32 Å². The van der Waals surface area contributed by atoms with E-state index in [4.69, 9.17) is 3.32 Å². The van der Waals surface area contributed by atoms with Crippen molar-refractivity contribution in [3.63, 3.8) is 0 Å².